The van der Waals surface area contributed by atoms with E-state index in [0.717, 1.165) is 12.0 Å². The van der Waals surface area contributed by atoms with Crippen molar-refractivity contribution in [2.75, 3.05) is 11.9 Å². The van der Waals surface area contributed by atoms with Gasteiger partial charge < -0.3 is 24.3 Å². The highest BCUT2D eigenvalue weighted by Gasteiger charge is 2.24. The second-order valence-corrected chi connectivity index (χ2v) is 6.08. The van der Waals surface area contributed by atoms with Gasteiger partial charge in [-0.15, -0.1) is 0 Å². The highest BCUT2D eigenvalue weighted by molar-refractivity contribution is 6.05. The minimum absolute atomic E-state index is 0.00575. The number of ether oxygens (including phenoxy) is 2. The average Bonchev–Trinajstić information content (AvgIpc) is 3.17. The van der Waals surface area contributed by atoms with Crippen LogP contribution in [0.3, 0.4) is 0 Å². The summed E-state index contributed by atoms with van der Waals surface area (Å²) in [5.41, 5.74) is 1.48. The number of carboxylic acid groups (broad SMARTS) is 1. The molecule has 0 saturated carbocycles. The molecule has 1 unspecified atom stereocenters. The van der Waals surface area contributed by atoms with E-state index in [0.29, 0.717) is 30.2 Å². The quantitative estimate of drug-likeness (QED) is 0.819. The number of hydrogen-bond acceptors (Lipinski definition) is 5. The van der Waals surface area contributed by atoms with Gasteiger partial charge in [0.25, 0.3) is 5.91 Å². The van der Waals surface area contributed by atoms with Crippen LogP contribution in [0.4, 0.5) is 5.69 Å². The van der Waals surface area contributed by atoms with Gasteiger partial charge >= 0.3 is 5.97 Å². The number of carboxylic acids is 1. The van der Waals surface area contributed by atoms with Crippen LogP contribution in [0.15, 0.2) is 22.6 Å². The SMILES string of the molecule is CCOc1cc2c(cc1NC(=O)c1cc(C(=O)O)c(CC)o1)OC(C)C2. The van der Waals surface area contributed by atoms with Crippen molar-refractivity contribution in [3.05, 3.63) is 40.8 Å². The van der Waals surface area contributed by atoms with Crippen LogP contribution in [0.5, 0.6) is 11.5 Å². The van der Waals surface area contributed by atoms with E-state index in [-0.39, 0.29) is 23.2 Å². The van der Waals surface area contributed by atoms with E-state index >= 15 is 0 Å². The van der Waals surface area contributed by atoms with Gasteiger partial charge in [-0.2, -0.15) is 0 Å². The summed E-state index contributed by atoms with van der Waals surface area (Å²) in [5.74, 6) is -0.219. The van der Waals surface area contributed by atoms with Crippen LogP contribution in [0, 0.1) is 0 Å². The van der Waals surface area contributed by atoms with E-state index in [1.165, 1.54) is 6.07 Å². The third kappa shape index (κ3) is 3.37. The Morgan fingerprint density at radius 1 is 1.31 bits per heavy atom. The fourth-order valence-electron chi connectivity index (χ4n) is 2.98. The molecule has 0 radical (unpaired) electrons. The topological polar surface area (TPSA) is 98.0 Å². The molecule has 26 heavy (non-hydrogen) atoms. The number of benzene rings is 1. The maximum Gasteiger partial charge on any atom is 0.339 e. The Kier molecular flexibility index (Phi) is 4.88. The number of aryl methyl sites for hydroxylation is 1. The number of carbonyl (C=O) groups excluding carboxylic acids is 1. The number of carbonyl (C=O) groups is 2. The molecule has 7 nitrogen and oxygen atoms in total. The number of rotatable bonds is 6. The molecule has 0 bridgehead atoms. The Balaban J connectivity index is 1.90. The molecule has 1 aromatic carbocycles. The van der Waals surface area contributed by atoms with Gasteiger partial charge in [-0.25, -0.2) is 4.79 Å². The van der Waals surface area contributed by atoms with E-state index in [2.05, 4.69) is 5.32 Å². The number of fused-ring (bicyclic) bond motifs is 1. The highest BCUT2D eigenvalue weighted by atomic mass is 16.5. The first-order valence-electron chi connectivity index (χ1n) is 8.56. The number of furan rings is 1. The van der Waals surface area contributed by atoms with Crippen LogP contribution in [0.2, 0.25) is 0 Å². The number of hydrogen-bond donors (Lipinski definition) is 2. The molecule has 3 rings (SSSR count). The molecule has 1 aliphatic heterocycles. The first kappa shape index (κ1) is 17.8. The van der Waals surface area contributed by atoms with Crippen molar-refractivity contribution < 1.29 is 28.6 Å². The molecule has 2 heterocycles. The molecule has 0 saturated heterocycles. The van der Waals surface area contributed by atoms with Crippen LogP contribution in [0.25, 0.3) is 0 Å². The lowest BCUT2D eigenvalue weighted by Gasteiger charge is -2.13. The van der Waals surface area contributed by atoms with Crippen molar-refractivity contribution in [3.63, 3.8) is 0 Å². The molecule has 1 atom stereocenters. The lowest BCUT2D eigenvalue weighted by Crippen LogP contribution is -2.12. The summed E-state index contributed by atoms with van der Waals surface area (Å²) in [6.07, 6.45) is 1.23. The minimum atomic E-state index is -1.13. The molecule has 1 amide bonds. The first-order chi connectivity index (χ1) is 12.4. The predicted octanol–water partition coefficient (Wildman–Crippen LogP) is 3.51. The second kappa shape index (κ2) is 7.11. The average molecular weight is 359 g/mol. The third-order valence-corrected chi connectivity index (χ3v) is 4.13. The molecule has 1 aromatic heterocycles. The zero-order valence-electron chi connectivity index (χ0n) is 14.9. The highest BCUT2D eigenvalue weighted by Crippen LogP contribution is 2.38. The minimum Gasteiger partial charge on any atom is -0.492 e. The Hall–Kier alpha value is -2.96. The largest absolute Gasteiger partial charge is 0.492 e. The van der Waals surface area contributed by atoms with Crippen molar-refractivity contribution in [3.8, 4) is 11.5 Å². The zero-order valence-corrected chi connectivity index (χ0v) is 14.9. The number of nitrogens with one attached hydrogen (secondary N) is 1. The van der Waals surface area contributed by atoms with Gasteiger partial charge in [-0.05, 0) is 19.9 Å². The maximum absolute atomic E-state index is 12.5. The summed E-state index contributed by atoms with van der Waals surface area (Å²) >= 11 is 0. The van der Waals surface area contributed by atoms with E-state index in [1.807, 2.05) is 19.9 Å². The summed E-state index contributed by atoms with van der Waals surface area (Å²) in [5, 5.41) is 11.9. The maximum atomic E-state index is 12.5. The molecule has 0 aliphatic carbocycles. The second-order valence-electron chi connectivity index (χ2n) is 6.08. The van der Waals surface area contributed by atoms with Gasteiger partial charge in [0.2, 0.25) is 0 Å². The van der Waals surface area contributed by atoms with Crippen molar-refractivity contribution in [1.29, 1.82) is 0 Å². The summed E-state index contributed by atoms with van der Waals surface area (Å²) < 4.78 is 16.8. The molecule has 0 fully saturated rings. The molecule has 0 spiro atoms. The van der Waals surface area contributed by atoms with E-state index in [9.17, 15) is 14.7 Å². The zero-order chi connectivity index (χ0) is 18.8. The molecule has 2 N–H and O–H groups in total. The molecular formula is C19H21NO6. The van der Waals surface area contributed by atoms with Gasteiger partial charge in [0, 0.05) is 30.5 Å². The van der Waals surface area contributed by atoms with Crippen molar-refractivity contribution in [2.45, 2.75) is 39.7 Å². The molecule has 138 valence electrons. The van der Waals surface area contributed by atoms with Gasteiger partial charge in [-0.1, -0.05) is 6.92 Å². The van der Waals surface area contributed by atoms with Crippen LogP contribution in [-0.2, 0) is 12.8 Å². The van der Waals surface area contributed by atoms with E-state index in [1.54, 1.807) is 13.0 Å². The smallest absolute Gasteiger partial charge is 0.339 e. The lowest BCUT2D eigenvalue weighted by atomic mass is 10.1. The number of anilines is 1. The predicted molar refractivity (Wildman–Crippen MR) is 94.4 cm³/mol. The van der Waals surface area contributed by atoms with Gasteiger partial charge in [0.15, 0.2) is 5.76 Å². The van der Waals surface area contributed by atoms with Crippen LogP contribution in [-0.4, -0.2) is 29.7 Å². The number of aromatic carboxylic acids is 1. The van der Waals surface area contributed by atoms with E-state index < -0.39 is 11.9 Å². The summed E-state index contributed by atoms with van der Waals surface area (Å²) in [7, 11) is 0. The number of amides is 1. The fraction of sp³-hybridized carbons (Fsp3) is 0.368. The summed E-state index contributed by atoms with van der Waals surface area (Å²) in [6.45, 7) is 6.04. The normalized spacial score (nSPS) is 15.3. The molecular weight excluding hydrogens is 338 g/mol. The van der Waals surface area contributed by atoms with Crippen LogP contribution < -0.4 is 14.8 Å². The summed E-state index contributed by atoms with van der Waals surface area (Å²) in [4.78, 5) is 23.8. The Morgan fingerprint density at radius 3 is 2.69 bits per heavy atom. The summed E-state index contributed by atoms with van der Waals surface area (Å²) in [6, 6.07) is 4.83. The lowest BCUT2D eigenvalue weighted by molar-refractivity contribution is 0.0694. The molecule has 2 aromatic rings. The van der Waals surface area contributed by atoms with E-state index in [4.69, 9.17) is 13.9 Å². The van der Waals surface area contributed by atoms with Crippen LogP contribution in [0.1, 0.15) is 53.0 Å². The van der Waals surface area contributed by atoms with Crippen molar-refractivity contribution in [1.82, 2.24) is 0 Å². The van der Waals surface area contributed by atoms with Gasteiger partial charge in [0.1, 0.15) is 28.9 Å². The Labute approximate surface area is 150 Å². The first-order valence-corrected chi connectivity index (χ1v) is 8.56. The van der Waals surface area contributed by atoms with Crippen molar-refractivity contribution >= 4 is 17.6 Å². The van der Waals surface area contributed by atoms with Crippen LogP contribution >= 0.6 is 0 Å². The van der Waals surface area contributed by atoms with Crippen molar-refractivity contribution in [2.24, 2.45) is 0 Å². The Morgan fingerprint density at radius 2 is 2.08 bits per heavy atom. The molecule has 1 aliphatic rings. The standard InChI is InChI=1S/C19H21NO6/c1-4-14-12(19(22)23)8-17(26-14)18(21)20-13-9-15-11(6-10(3)25-15)7-16(13)24-5-2/h7-10H,4-6H2,1-3H3,(H,20,21)(H,22,23). The monoisotopic (exact) mass is 359 g/mol. The molecule has 7 heteroatoms. The third-order valence-electron chi connectivity index (χ3n) is 4.13. The van der Waals surface area contributed by atoms with Gasteiger partial charge in [0.05, 0.1) is 12.3 Å². The van der Waals surface area contributed by atoms with Gasteiger partial charge in [-0.3, -0.25) is 4.79 Å². The fourth-order valence-corrected chi connectivity index (χ4v) is 2.98. The Bertz CT molecular complexity index is 854.